The van der Waals surface area contributed by atoms with Crippen LogP contribution < -0.4 is 10.6 Å². The second-order valence-corrected chi connectivity index (χ2v) is 5.29. The average molecular weight is 349 g/mol. The Kier molecular flexibility index (Phi) is 4.28. The number of benzene rings is 2. The van der Waals surface area contributed by atoms with Gasteiger partial charge in [-0.2, -0.15) is 0 Å². The maximum Gasteiger partial charge on any atom is 0.335 e. The van der Waals surface area contributed by atoms with E-state index >= 15 is 0 Å². The number of hydrogen-bond donors (Lipinski definition) is 2. The average Bonchev–Trinajstić information content (AvgIpc) is 2.46. The van der Waals surface area contributed by atoms with Crippen molar-refractivity contribution in [2.45, 2.75) is 0 Å². The predicted octanol–water partition coefficient (Wildman–Crippen LogP) is 3.01. The zero-order valence-corrected chi connectivity index (χ0v) is 12.8. The topological polar surface area (TPSA) is 83.6 Å². The standard InChI is InChI=1S/C15H13BrN2O3/c1-18(10-4-2-9(3-5-10)15(20)21)11-6-7-12(14(17)19)13(16)8-11/h2-8H,1H3,(H2,17,19)(H,20,21). The Morgan fingerprint density at radius 2 is 1.67 bits per heavy atom. The number of carboxylic acid groups (broad SMARTS) is 1. The highest BCUT2D eigenvalue weighted by Gasteiger charge is 2.10. The number of hydrogen-bond acceptors (Lipinski definition) is 3. The summed E-state index contributed by atoms with van der Waals surface area (Å²) in [6.07, 6.45) is 0. The summed E-state index contributed by atoms with van der Waals surface area (Å²) in [6.45, 7) is 0. The van der Waals surface area contributed by atoms with Crippen LogP contribution in [-0.2, 0) is 0 Å². The van der Waals surface area contributed by atoms with Gasteiger partial charge in [0.2, 0.25) is 5.91 Å². The molecule has 0 fully saturated rings. The number of carboxylic acids is 1. The Morgan fingerprint density at radius 3 is 2.14 bits per heavy atom. The zero-order valence-electron chi connectivity index (χ0n) is 11.2. The molecule has 6 heteroatoms. The Bertz CT molecular complexity index is 699. The van der Waals surface area contributed by atoms with Crippen LogP contribution in [0.25, 0.3) is 0 Å². The molecule has 108 valence electrons. The number of carbonyl (C=O) groups excluding carboxylic acids is 1. The van der Waals surface area contributed by atoms with Gasteiger partial charge in [-0.1, -0.05) is 0 Å². The Balaban J connectivity index is 2.31. The number of rotatable bonds is 4. The van der Waals surface area contributed by atoms with E-state index in [9.17, 15) is 9.59 Å². The number of amides is 1. The van der Waals surface area contributed by atoms with Crippen LogP contribution in [0.1, 0.15) is 20.7 Å². The van der Waals surface area contributed by atoms with Gasteiger partial charge in [0.25, 0.3) is 0 Å². The fourth-order valence-corrected chi connectivity index (χ4v) is 2.45. The van der Waals surface area contributed by atoms with E-state index in [-0.39, 0.29) is 5.56 Å². The molecule has 0 aliphatic carbocycles. The van der Waals surface area contributed by atoms with E-state index in [0.29, 0.717) is 10.0 Å². The van der Waals surface area contributed by atoms with Gasteiger partial charge in [0.05, 0.1) is 11.1 Å². The SMILES string of the molecule is CN(c1ccc(C(=O)O)cc1)c1ccc(C(N)=O)c(Br)c1. The molecule has 0 atom stereocenters. The number of primary amides is 1. The fraction of sp³-hybridized carbons (Fsp3) is 0.0667. The lowest BCUT2D eigenvalue weighted by Gasteiger charge is -2.20. The summed E-state index contributed by atoms with van der Waals surface area (Å²) >= 11 is 3.31. The van der Waals surface area contributed by atoms with Crippen LogP contribution in [0, 0.1) is 0 Å². The largest absolute Gasteiger partial charge is 0.478 e. The van der Waals surface area contributed by atoms with Crippen LogP contribution in [0.2, 0.25) is 0 Å². The minimum absolute atomic E-state index is 0.234. The maximum atomic E-state index is 11.2. The first-order valence-corrected chi connectivity index (χ1v) is 6.86. The van der Waals surface area contributed by atoms with Gasteiger partial charge in [-0.3, -0.25) is 4.79 Å². The lowest BCUT2D eigenvalue weighted by molar-refractivity contribution is 0.0696. The zero-order chi connectivity index (χ0) is 15.6. The Morgan fingerprint density at radius 1 is 1.10 bits per heavy atom. The van der Waals surface area contributed by atoms with Crippen molar-refractivity contribution in [3.05, 3.63) is 58.1 Å². The summed E-state index contributed by atoms with van der Waals surface area (Å²) in [5, 5.41) is 8.89. The van der Waals surface area contributed by atoms with Crippen LogP contribution in [0.5, 0.6) is 0 Å². The van der Waals surface area contributed by atoms with E-state index in [1.165, 1.54) is 0 Å². The molecule has 0 bridgehead atoms. The number of nitrogens with zero attached hydrogens (tertiary/aromatic N) is 1. The van der Waals surface area contributed by atoms with Gasteiger partial charge in [0.1, 0.15) is 0 Å². The molecule has 0 saturated carbocycles. The van der Waals surface area contributed by atoms with E-state index in [0.717, 1.165) is 11.4 Å². The van der Waals surface area contributed by atoms with Gasteiger partial charge in [-0.25, -0.2) is 4.79 Å². The van der Waals surface area contributed by atoms with E-state index in [1.54, 1.807) is 42.5 Å². The first-order valence-electron chi connectivity index (χ1n) is 6.06. The fourth-order valence-electron chi connectivity index (χ4n) is 1.89. The monoisotopic (exact) mass is 348 g/mol. The smallest absolute Gasteiger partial charge is 0.335 e. The summed E-state index contributed by atoms with van der Waals surface area (Å²) in [5.74, 6) is -1.46. The molecular formula is C15H13BrN2O3. The van der Waals surface area contributed by atoms with Gasteiger partial charge in [-0.15, -0.1) is 0 Å². The molecule has 2 aromatic carbocycles. The summed E-state index contributed by atoms with van der Waals surface area (Å²) in [4.78, 5) is 23.9. The Hall–Kier alpha value is -2.34. The quantitative estimate of drug-likeness (QED) is 0.889. The third-order valence-electron chi connectivity index (χ3n) is 3.11. The number of carbonyl (C=O) groups is 2. The van der Waals surface area contributed by atoms with Crippen molar-refractivity contribution in [2.24, 2.45) is 5.73 Å². The molecule has 3 N–H and O–H groups in total. The van der Waals surface area contributed by atoms with E-state index < -0.39 is 11.9 Å². The number of halogens is 1. The van der Waals surface area contributed by atoms with Gasteiger partial charge >= 0.3 is 5.97 Å². The van der Waals surface area contributed by atoms with Gasteiger partial charge in [0, 0.05) is 22.9 Å². The first kappa shape index (κ1) is 15.1. The van der Waals surface area contributed by atoms with Crippen LogP contribution in [-0.4, -0.2) is 24.0 Å². The molecule has 0 spiro atoms. The van der Waals surface area contributed by atoms with Crippen LogP contribution in [0.3, 0.4) is 0 Å². The predicted molar refractivity (Wildman–Crippen MR) is 84.1 cm³/mol. The van der Waals surface area contributed by atoms with Gasteiger partial charge in [0.15, 0.2) is 0 Å². The summed E-state index contributed by atoms with van der Waals surface area (Å²) in [7, 11) is 1.85. The maximum absolute atomic E-state index is 11.2. The molecular weight excluding hydrogens is 336 g/mol. The second kappa shape index (κ2) is 5.97. The highest BCUT2D eigenvalue weighted by atomic mass is 79.9. The van der Waals surface area contributed by atoms with Gasteiger partial charge in [-0.05, 0) is 58.4 Å². The number of anilines is 2. The van der Waals surface area contributed by atoms with E-state index in [4.69, 9.17) is 10.8 Å². The molecule has 0 radical (unpaired) electrons. The molecule has 0 aliphatic heterocycles. The molecule has 0 aliphatic rings. The van der Waals surface area contributed by atoms with E-state index in [1.807, 2.05) is 11.9 Å². The molecule has 0 unspecified atom stereocenters. The highest BCUT2D eigenvalue weighted by molar-refractivity contribution is 9.10. The lowest BCUT2D eigenvalue weighted by atomic mass is 10.1. The van der Waals surface area contributed by atoms with E-state index in [2.05, 4.69) is 15.9 Å². The van der Waals surface area contributed by atoms with Gasteiger partial charge < -0.3 is 15.7 Å². The van der Waals surface area contributed by atoms with Crippen molar-refractivity contribution in [1.82, 2.24) is 0 Å². The molecule has 2 aromatic rings. The summed E-state index contributed by atoms with van der Waals surface area (Å²) in [6, 6.07) is 11.7. The van der Waals surface area contributed by atoms with Crippen molar-refractivity contribution in [3.8, 4) is 0 Å². The van der Waals surface area contributed by atoms with Crippen molar-refractivity contribution in [3.63, 3.8) is 0 Å². The summed E-state index contributed by atoms with van der Waals surface area (Å²) in [5.41, 5.74) is 7.58. The molecule has 5 nitrogen and oxygen atoms in total. The minimum Gasteiger partial charge on any atom is -0.478 e. The molecule has 0 saturated heterocycles. The minimum atomic E-state index is -0.960. The van der Waals surface area contributed by atoms with Crippen molar-refractivity contribution < 1.29 is 14.7 Å². The molecule has 0 aromatic heterocycles. The van der Waals surface area contributed by atoms with Crippen LogP contribution >= 0.6 is 15.9 Å². The van der Waals surface area contributed by atoms with Crippen LogP contribution in [0.15, 0.2) is 46.9 Å². The summed E-state index contributed by atoms with van der Waals surface area (Å²) < 4.78 is 0.613. The van der Waals surface area contributed by atoms with Crippen molar-refractivity contribution >= 4 is 39.2 Å². The molecule has 1 amide bonds. The molecule has 0 heterocycles. The number of nitrogens with two attached hydrogens (primary N) is 1. The van der Waals surface area contributed by atoms with Crippen LogP contribution in [0.4, 0.5) is 11.4 Å². The number of aromatic carboxylic acids is 1. The van der Waals surface area contributed by atoms with Crippen molar-refractivity contribution in [1.29, 1.82) is 0 Å². The third kappa shape index (κ3) is 3.22. The highest BCUT2D eigenvalue weighted by Crippen LogP contribution is 2.28. The lowest BCUT2D eigenvalue weighted by Crippen LogP contribution is -2.13. The third-order valence-corrected chi connectivity index (χ3v) is 3.76. The van der Waals surface area contributed by atoms with Crippen molar-refractivity contribution in [2.75, 3.05) is 11.9 Å². The first-order chi connectivity index (χ1) is 9.90. The second-order valence-electron chi connectivity index (χ2n) is 4.44. The normalized spacial score (nSPS) is 10.2. The Labute approximate surface area is 130 Å². The molecule has 21 heavy (non-hydrogen) atoms. The molecule has 2 rings (SSSR count).